The van der Waals surface area contributed by atoms with Gasteiger partial charge in [-0.1, -0.05) is 43.2 Å². The van der Waals surface area contributed by atoms with Gasteiger partial charge in [0.2, 0.25) is 11.8 Å². The van der Waals surface area contributed by atoms with E-state index in [2.05, 4.69) is 27.4 Å². The Balaban J connectivity index is 1.44. The van der Waals surface area contributed by atoms with Crippen LogP contribution >= 0.6 is 0 Å². The smallest absolute Gasteiger partial charge is 0.235 e. The Morgan fingerprint density at radius 3 is 2.59 bits per heavy atom. The molecule has 29 heavy (non-hydrogen) atoms. The lowest BCUT2D eigenvalue weighted by Crippen LogP contribution is -2.37. The minimum Gasteiger partial charge on any atom is -0.436 e. The minimum atomic E-state index is -0.457. The largest absolute Gasteiger partial charge is 0.436 e. The number of aromatic nitrogens is 2. The predicted octanol–water partition coefficient (Wildman–Crippen LogP) is 5.34. The number of pyridine rings is 1. The Hall–Kier alpha value is -3.47. The molecule has 1 fully saturated rings. The van der Waals surface area contributed by atoms with Crippen molar-refractivity contribution in [2.75, 3.05) is 5.32 Å². The van der Waals surface area contributed by atoms with Crippen molar-refractivity contribution in [2.24, 2.45) is 0 Å². The van der Waals surface area contributed by atoms with Crippen LogP contribution in [0.4, 0.5) is 5.69 Å². The van der Waals surface area contributed by atoms with E-state index in [1.165, 1.54) is 0 Å². The lowest BCUT2D eigenvalue weighted by atomic mass is 9.78. The molecule has 0 aliphatic heterocycles. The summed E-state index contributed by atoms with van der Waals surface area (Å²) in [5.41, 5.74) is 3.58. The molecule has 5 nitrogen and oxygen atoms in total. The van der Waals surface area contributed by atoms with Gasteiger partial charge >= 0.3 is 0 Å². The topological polar surface area (TPSA) is 68.0 Å². The first-order valence-corrected chi connectivity index (χ1v) is 9.93. The third-order valence-electron chi connectivity index (χ3n) is 5.77. The molecule has 0 atom stereocenters. The molecule has 1 aliphatic rings. The summed E-state index contributed by atoms with van der Waals surface area (Å²) in [6.07, 6.45) is 7.32. The van der Waals surface area contributed by atoms with Crippen LogP contribution in [0.3, 0.4) is 0 Å². The van der Waals surface area contributed by atoms with Crippen LogP contribution < -0.4 is 5.32 Å². The van der Waals surface area contributed by atoms with E-state index in [9.17, 15) is 4.79 Å². The Labute approximate surface area is 168 Å². The summed E-state index contributed by atoms with van der Waals surface area (Å²) in [5.74, 6) is 0.574. The van der Waals surface area contributed by atoms with Crippen LogP contribution in [0.25, 0.3) is 22.6 Å². The average molecular weight is 383 g/mol. The molecule has 1 amide bonds. The fourth-order valence-electron chi connectivity index (χ4n) is 4.25. The highest BCUT2D eigenvalue weighted by Gasteiger charge is 2.42. The average Bonchev–Trinajstić information content (AvgIpc) is 3.43. The number of rotatable bonds is 4. The van der Waals surface area contributed by atoms with Crippen molar-refractivity contribution < 1.29 is 9.21 Å². The lowest BCUT2D eigenvalue weighted by Gasteiger charge is -2.28. The van der Waals surface area contributed by atoms with Gasteiger partial charge < -0.3 is 9.73 Å². The van der Waals surface area contributed by atoms with Crippen LogP contribution in [-0.2, 0) is 10.2 Å². The number of anilines is 1. The van der Waals surface area contributed by atoms with Crippen molar-refractivity contribution in [2.45, 2.75) is 31.1 Å². The molecule has 2 aromatic heterocycles. The predicted molar refractivity (Wildman–Crippen MR) is 112 cm³/mol. The molecule has 0 bridgehead atoms. The third kappa shape index (κ3) is 3.18. The number of hydrogen-bond acceptors (Lipinski definition) is 4. The highest BCUT2D eigenvalue weighted by Crippen LogP contribution is 2.42. The first-order valence-electron chi connectivity index (χ1n) is 9.93. The fraction of sp³-hybridized carbons (Fsp3) is 0.208. The van der Waals surface area contributed by atoms with E-state index in [1.807, 2.05) is 48.5 Å². The zero-order valence-electron chi connectivity index (χ0n) is 16.0. The molecule has 2 heterocycles. The van der Waals surface area contributed by atoms with E-state index < -0.39 is 5.41 Å². The van der Waals surface area contributed by atoms with Crippen molar-refractivity contribution in [1.82, 2.24) is 9.97 Å². The Morgan fingerprint density at radius 1 is 1.00 bits per heavy atom. The first kappa shape index (κ1) is 17.6. The van der Waals surface area contributed by atoms with Gasteiger partial charge in [-0.05, 0) is 48.7 Å². The molecular weight excluding hydrogens is 362 g/mol. The van der Waals surface area contributed by atoms with E-state index in [0.29, 0.717) is 17.0 Å². The summed E-state index contributed by atoms with van der Waals surface area (Å²) in [6, 6.07) is 19.5. The van der Waals surface area contributed by atoms with Gasteiger partial charge in [0.25, 0.3) is 0 Å². The third-order valence-corrected chi connectivity index (χ3v) is 5.77. The standard InChI is InChI=1S/C24H21N3O2/c28-23(24(12-4-5-13-24)18-8-2-1-3-9-18)26-19-10-11-21-20(15-19)27-22(29-21)17-7-6-14-25-16-17/h1-3,6-11,14-16H,4-5,12-13H2,(H,26,28). The van der Waals surface area contributed by atoms with E-state index >= 15 is 0 Å². The molecular formula is C24H21N3O2. The van der Waals surface area contributed by atoms with Gasteiger partial charge in [-0.25, -0.2) is 4.98 Å². The summed E-state index contributed by atoms with van der Waals surface area (Å²) in [5, 5.41) is 3.13. The first-order chi connectivity index (χ1) is 14.2. The maximum absolute atomic E-state index is 13.3. The lowest BCUT2D eigenvalue weighted by molar-refractivity contribution is -0.121. The van der Waals surface area contributed by atoms with Crippen molar-refractivity contribution >= 4 is 22.7 Å². The van der Waals surface area contributed by atoms with Gasteiger partial charge in [-0.3, -0.25) is 9.78 Å². The van der Waals surface area contributed by atoms with E-state index in [1.54, 1.807) is 12.4 Å². The number of amides is 1. The highest BCUT2D eigenvalue weighted by atomic mass is 16.3. The van der Waals surface area contributed by atoms with Crippen LogP contribution in [0, 0.1) is 0 Å². The summed E-state index contributed by atoms with van der Waals surface area (Å²) < 4.78 is 5.84. The number of carbonyl (C=O) groups is 1. The van der Waals surface area contributed by atoms with Gasteiger partial charge in [0, 0.05) is 18.1 Å². The van der Waals surface area contributed by atoms with Gasteiger partial charge in [0.1, 0.15) is 5.52 Å². The van der Waals surface area contributed by atoms with Crippen molar-refractivity contribution in [3.8, 4) is 11.5 Å². The minimum absolute atomic E-state index is 0.0523. The highest BCUT2D eigenvalue weighted by molar-refractivity contribution is 6.00. The molecule has 2 aromatic carbocycles. The molecule has 0 spiro atoms. The summed E-state index contributed by atoms with van der Waals surface area (Å²) in [4.78, 5) is 22.0. The van der Waals surface area contributed by atoms with E-state index in [-0.39, 0.29) is 5.91 Å². The zero-order valence-corrected chi connectivity index (χ0v) is 16.0. The maximum atomic E-state index is 13.3. The molecule has 1 N–H and O–H groups in total. The molecule has 5 heteroatoms. The second-order valence-corrected chi connectivity index (χ2v) is 7.55. The number of fused-ring (bicyclic) bond motifs is 1. The Kier molecular flexibility index (Phi) is 4.35. The molecule has 0 radical (unpaired) electrons. The van der Waals surface area contributed by atoms with Crippen LogP contribution in [0.15, 0.2) is 77.5 Å². The van der Waals surface area contributed by atoms with Crippen LogP contribution in [0.2, 0.25) is 0 Å². The molecule has 144 valence electrons. The molecule has 4 aromatic rings. The number of nitrogens with zero attached hydrogens (tertiary/aromatic N) is 2. The van der Waals surface area contributed by atoms with Gasteiger partial charge in [0.05, 0.1) is 11.0 Å². The SMILES string of the molecule is O=C(Nc1ccc2oc(-c3cccnc3)nc2c1)C1(c2ccccc2)CCCC1. The second kappa shape index (κ2) is 7.17. The Morgan fingerprint density at radius 2 is 1.83 bits per heavy atom. The van der Waals surface area contributed by atoms with E-state index in [0.717, 1.165) is 42.5 Å². The number of nitrogens with one attached hydrogen (secondary N) is 1. The van der Waals surface area contributed by atoms with Crippen molar-refractivity contribution in [1.29, 1.82) is 0 Å². The molecule has 1 saturated carbocycles. The maximum Gasteiger partial charge on any atom is 0.235 e. The van der Waals surface area contributed by atoms with Crippen LogP contribution in [0.5, 0.6) is 0 Å². The zero-order chi connectivity index (χ0) is 19.7. The summed E-state index contributed by atoms with van der Waals surface area (Å²) >= 11 is 0. The quantitative estimate of drug-likeness (QED) is 0.516. The van der Waals surface area contributed by atoms with Crippen LogP contribution in [0.1, 0.15) is 31.2 Å². The molecule has 0 saturated heterocycles. The summed E-state index contributed by atoms with van der Waals surface area (Å²) in [7, 11) is 0. The molecule has 1 aliphatic carbocycles. The summed E-state index contributed by atoms with van der Waals surface area (Å²) in [6.45, 7) is 0. The van der Waals surface area contributed by atoms with Crippen molar-refractivity contribution in [3.05, 3.63) is 78.6 Å². The number of carbonyl (C=O) groups excluding carboxylic acids is 1. The molecule has 0 unspecified atom stereocenters. The number of oxazole rings is 1. The fourth-order valence-corrected chi connectivity index (χ4v) is 4.25. The number of hydrogen-bond donors (Lipinski definition) is 1. The van der Waals surface area contributed by atoms with Gasteiger partial charge in [0.15, 0.2) is 5.58 Å². The molecule has 5 rings (SSSR count). The van der Waals surface area contributed by atoms with Crippen molar-refractivity contribution in [3.63, 3.8) is 0 Å². The monoisotopic (exact) mass is 383 g/mol. The second-order valence-electron chi connectivity index (χ2n) is 7.55. The normalized spacial score (nSPS) is 15.4. The van der Waals surface area contributed by atoms with E-state index in [4.69, 9.17) is 4.42 Å². The van der Waals surface area contributed by atoms with Crippen LogP contribution in [-0.4, -0.2) is 15.9 Å². The van der Waals surface area contributed by atoms with Gasteiger partial charge in [-0.15, -0.1) is 0 Å². The van der Waals surface area contributed by atoms with Gasteiger partial charge in [-0.2, -0.15) is 0 Å². The Bertz CT molecular complexity index is 1150. The number of benzene rings is 2.